The third kappa shape index (κ3) is 2.58. The fourth-order valence-corrected chi connectivity index (χ4v) is 1.47. The summed E-state index contributed by atoms with van der Waals surface area (Å²) in [7, 11) is 2.00. The predicted octanol–water partition coefficient (Wildman–Crippen LogP) is 1.51. The molecule has 2 N–H and O–H groups in total. The molecule has 0 unspecified atom stereocenters. The molecule has 1 heterocycles. The van der Waals surface area contributed by atoms with Gasteiger partial charge in [0.25, 0.3) is 0 Å². The van der Waals surface area contributed by atoms with Crippen molar-refractivity contribution in [2.45, 2.75) is 33.6 Å². The summed E-state index contributed by atoms with van der Waals surface area (Å²) in [6.45, 7) is 7.21. The summed E-state index contributed by atoms with van der Waals surface area (Å²) >= 11 is 0. The molecule has 0 spiro atoms. The van der Waals surface area contributed by atoms with E-state index >= 15 is 0 Å². The largest absolute Gasteiger partial charge is 0.330 e. The van der Waals surface area contributed by atoms with Gasteiger partial charge in [0, 0.05) is 12.7 Å². The van der Waals surface area contributed by atoms with Crippen LogP contribution in [0.25, 0.3) is 0 Å². The number of aromatic nitrogens is 2. The molecule has 0 atom stereocenters. The van der Waals surface area contributed by atoms with E-state index in [0.29, 0.717) is 6.54 Å². The number of aryl methyl sites for hydroxylation is 2. The van der Waals surface area contributed by atoms with Crippen LogP contribution in [0.2, 0.25) is 0 Å². The molecule has 1 aromatic rings. The van der Waals surface area contributed by atoms with Crippen LogP contribution in [0, 0.1) is 5.41 Å². The van der Waals surface area contributed by atoms with Crippen molar-refractivity contribution in [2.75, 3.05) is 6.54 Å². The lowest BCUT2D eigenvalue weighted by atomic mass is 9.88. The average Bonchev–Trinajstić information content (AvgIpc) is 2.47. The Bertz CT molecular complexity index is 299. The highest BCUT2D eigenvalue weighted by molar-refractivity contribution is 5.11. The van der Waals surface area contributed by atoms with Gasteiger partial charge in [0.15, 0.2) is 0 Å². The Morgan fingerprint density at radius 2 is 2.14 bits per heavy atom. The highest BCUT2D eigenvalue weighted by atomic mass is 15.3. The van der Waals surface area contributed by atoms with Crippen LogP contribution in [0.3, 0.4) is 0 Å². The summed E-state index contributed by atoms with van der Waals surface area (Å²) in [6.07, 6.45) is 1.99. The summed E-state index contributed by atoms with van der Waals surface area (Å²) in [5, 5.41) is 4.42. The zero-order chi connectivity index (χ0) is 10.8. The van der Waals surface area contributed by atoms with Gasteiger partial charge in [-0.3, -0.25) is 4.68 Å². The molecule has 80 valence electrons. The first-order chi connectivity index (χ1) is 6.48. The van der Waals surface area contributed by atoms with Crippen molar-refractivity contribution in [2.24, 2.45) is 18.2 Å². The molecule has 0 saturated heterocycles. The second-order valence-corrected chi connectivity index (χ2v) is 4.65. The minimum atomic E-state index is 0.165. The molecule has 0 fully saturated rings. The van der Waals surface area contributed by atoms with Crippen molar-refractivity contribution in [3.8, 4) is 0 Å². The van der Waals surface area contributed by atoms with E-state index < -0.39 is 0 Å². The third-order valence-corrected chi connectivity index (χ3v) is 2.60. The summed E-state index contributed by atoms with van der Waals surface area (Å²) in [5.74, 6) is 0. The number of rotatable bonds is 4. The van der Waals surface area contributed by atoms with Crippen molar-refractivity contribution in [1.29, 1.82) is 0 Å². The fraction of sp³-hybridized carbons (Fsp3) is 0.727. The summed E-state index contributed by atoms with van der Waals surface area (Å²) in [4.78, 5) is 0. The van der Waals surface area contributed by atoms with Gasteiger partial charge in [-0.15, -0.1) is 0 Å². The van der Waals surface area contributed by atoms with Gasteiger partial charge in [-0.05, 0) is 30.9 Å². The molecular formula is C11H21N3. The molecule has 0 aromatic carbocycles. The van der Waals surface area contributed by atoms with E-state index in [9.17, 15) is 0 Å². The molecule has 1 rings (SSSR count). The van der Waals surface area contributed by atoms with Crippen LogP contribution in [0.5, 0.6) is 0 Å². The van der Waals surface area contributed by atoms with E-state index in [1.54, 1.807) is 0 Å². The van der Waals surface area contributed by atoms with Crippen molar-refractivity contribution in [1.82, 2.24) is 9.78 Å². The van der Waals surface area contributed by atoms with Gasteiger partial charge in [0.1, 0.15) is 0 Å². The van der Waals surface area contributed by atoms with Gasteiger partial charge in [-0.2, -0.15) is 5.10 Å². The second kappa shape index (κ2) is 4.13. The van der Waals surface area contributed by atoms with E-state index in [0.717, 1.165) is 18.5 Å². The van der Waals surface area contributed by atoms with Crippen molar-refractivity contribution < 1.29 is 0 Å². The van der Waals surface area contributed by atoms with Crippen molar-refractivity contribution >= 4 is 0 Å². The molecular weight excluding hydrogens is 174 g/mol. The van der Waals surface area contributed by atoms with Crippen LogP contribution < -0.4 is 5.73 Å². The average molecular weight is 195 g/mol. The minimum absolute atomic E-state index is 0.165. The molecule has 3 heteroatoms. The Balaban J connectivity index is 2.81. The summed E-state index contributed by atoms with van der Waals surface area (Å²) in [5.41, 5.74) is 8.32. The maximum Gasteiger partial charge on any atom is 0.0624 e. The maximum atomic E-state index is 5.71. The van der Waals surface area contributed by atoms with Gasteiger partial charge >= 0.3 is 0 Å². The van der Waals surface area contributed by atoms with Gasteiger partial charge in [-0.1, -0.05) is 20.8 Å². The van der Waals surface area contributed by atoms with Crippen molar-refractivity contribution in [3.63, 3.8) is 0 Å². The summed E-state index contributed by atoms with van der Waals surface area (Å²) in [6, 6.07) is 2.18. The summed E-state index contributed by atoms with van der Waals surface area (Å²) < 4.78 is 1.97. The molecule has 14 heavy (non-hydrogen) atoms. The van der Waals surface area contributed by atoms with E-state index in [4.69, 9.17) is 5.73 Å². The highest BCUT2D eigenvalue weighted by Crippen LogP contribution is 2.20. The second-order valence-electron chi connectivity index (χ2n) is 4.65. The Morgan fingerprint density at radius 3 is 2.57 bits per heavy atom. The van der Waals surface area contributed by atoms with Crippen LogP contribution >= 0.6 is 0 Å². The molecule has 0 radical (unpaired) electrons. The van der Waals surface area contributed by atoms with Crippen LogP contribution in [0.4, 0.5) is 0 Å². The molecule has 1 aromatic heterocycles. The molecule has 0 amide bonds. The molecule has 3 nitrogen and oxygen atoms in total. The topological polar surface area (TPSA) is 43.8 Å². The highest BCUT2D eigenvalue weighted by Gasteiger charge is 2.18. The SMILES string of the molecule is CCc1cc(CC(C)(C)CN)n(C)n1. The third-order valence-electron chi connectivity index (χ3n) is 2.60. The standard InChI is InChI=1S/C11H21N3/c1-5-9-6-10(14(4)13-9)7-11(2,3)8-12/h6H,5,7-8,12H2,1-4H3. The number of hydrogen-bond acceptors (Lipinski definition) is 2. The number of nitrogens with two attached hydrogens (primary N) is 1. The lowest BCUT2D eigenvalue weighted by Crippen LogP contribution is -2.26. The Morgan fingerprint density at radius 1 is 1.50 bits per heavy atom. The van der Waals surface area contributed by atoms with E-state index in [1.165, 1.54) is 5.69 Å². The smallest absolute Gasteiger partial charge is 0.0624 e. The molecule has 0 bridgehead atoms. The van der Waals surface area contributed by atoms with Gasteiger partial charge in [-0.25, -0.2) is 0 Å². The van der Waals surface area contributed by atoms with Gasteiger partial charge in [0.2, 0.25) is 0 Å². The lowest BCUT2D eigenvalue weighted by molar-refractivity contribution is 0.366. The number of hydrogen-bond donors (Lipinski definition) is 1. The van der Waals surface area contributed by atoms with Crippen LogP contribution in [0.15, 0.2) is 6.07 Å². The predicted molar refractivity (Wildman–Crippen MR) is 59.1 cm³/mol. The first kappa shape index (κ1) is 11.2. The quantitative estimate of drug-likeness (QED) is 0.791. The van der Waals surface area contributed by atoms with Gasteiger partial charge in [0.05, 0.1) is 5.69 Å². The Labute approximate surface area is 86.3 Å². The Kier molecular flexibility index (Phi) is 3.32. The van der Waals surface area contributed by atoms with Crippen LogP contribution in [-0.2, 0) is 19.9 Å². The van der Waals surface area contributed by atoms with E-state index in [-0.39, 0.29) is 5.41 Å². The molecule has 0 aliphatic rings. The van der Waals surface area contributed by atoms with Crippen molar-refractivity contribution in [3.05, 3.63) is 17.5 Å². The Hall–Kier alpha value is -0.830. The minimum Gasteiger partial charge on any atom is -0.330 e. The van der Waals surface area contributed by atoms with Crippen LogP contribution in [0.1, 0.15) is 32.2 Å². The maximum absolute atomic E-state index is 5.71. The normalized spacial score (nSPS) is 12.1. The molecule has 0 saturated carbocycles. The zero-order valence-corrected chi connectivity index (χ0v) is 9.67. The fourth-order valence-electron chi connectivity index (χ4n) is 1.47. The molecule has 0 aliphatic carbocycles. The first-order valence-corrected chi connectivity index (χ1v) is 5.20. The van der Waals surface area contributed by atoms with E-state index in [2.05, 4.69) is 31.9 Å². The van der Waals surface area contributed by atoms with Gasteiger partial charge < -0.3 is 5.73 Å². The zero-order valence-electron chi connectivity index (χ0n) is 9.67. The molecule has 0 aliphatic heterocycles. The van der Waals surface area contributed by atoms with Crippen LogP contribution in [-0.4, -0.2) is 16.3 Å². The van der Waals surface area contributed by atoms with E-state index in [1.807, 2.05) is 11.7 Å². The lowest BCUT2D eigenvalue weighted by Gasteiger charge is -2.21. The first-order valence-electron chi connectivity index (χ1n) is 5.20. The number of nitrogens with zero attached hydrogens (tertiary/aromatic N) is 2. The monoisotopic (exact) mass is 195 g/mol.